The van der Waals surface area contributed by atoms with E-state index in [0.717, 1.165) is 0 Å². The summed E-state index contributed by atoms with van der Waals surface area (Å²) in [4.78, 5) is 12.2. The molecular weight excluding hydrogens is 130 g/mol. The Bertz CT molecular complexity index is 131. The van der Waals surface area contributed by atoms with Crippen LogP contribution in [-0.2, 0) is 0 Å². The fraction of sp³-hybridized carbons (Fsp3) is 0.500. The molecule has 10 heavy (non-hydrogen) atoms. The fourth-order valence-electron chi connectivity index (χ4n) is 0.372. The van der Waals surface area contributed by atoms with Gasteiger partial charge in [-0.3, -0.25) is 0 Å². The Labute approximate surface area is 60.7 Å². The molecule has 0 aromatic heterocycles. The van der Waals surface area contributed by atoms with Crippen molar-refractivity contribution in [3.05, 3.63) is 12.3 Å². The highest BCUT2D eigenvalue weighted by Gasteiger charge is 1.97. The minimum atomic E-state index is -0.113. The number of carbonyl (C=O) groups excluding carboxylic acids is 1. The second-order valence-corrected chi connectivity index (χ2v) is 2.01. The third-order valence-electron chi connectivity index (χ3n) is 0.913. The lowest BCUT2D eigenvalue weighted by atomic mass is 10.6. The van der Waals surface area contributed by atoms with Gasteiger partial charge in [-0.15, -0.1) is 0 Å². The van der Waals surface area contributed by atoms with E-state index in [-0.39, 0.29) is 6.03 Å². The van der Waals surface area contributed by atoms with E-state index in [1.165, 1.54) is 11.1 Å². The Morgan fingerprint density at radius 2 is 2.30 bits per heavy atom. The lowest BCUT2D eigenvalue weighted by Gasteiger charge is -2.09. The molecule has 0 saturated heterocycles. The van der Waals surface area contributed by atoms with Crippen molar-refractivity contribution >= 4 is 6.03 Å². The SMILES string of the molecule is CN(C)C(=O)NCC=CN. The number of nitrogens with zero attached hydrogens (tertiary/aromatic N) is 1. The van der Waals surface area contributed by atoms with E-state index in [1.54, 1.807) is 20.2 Å². The summed E-state index contributed by atoms with van der Waals surface area (Å²) in [6.07, 6.45) is 3.07. The molecule has 0 rings (SSSR count). The number of nitrogens with two attached hydrogens (primary N) is 1. The van der Waals surface area contributed by atoms with Crippen molar-refractivity contribution in [2.75, 3.05) is 20.6 Å². The number of urea groups is 1. The Morgan fingerprint density at radius 1 is 1.70 bits per heavy atom. The van der Waals surface area contributed by atoms with Gasteiger partial charge in [0.15, 0.2) is 0 Å². The van der Waals surface area contributed by atoms with E-state index in [0.29, 0.717) is 6.54 Å². The highest BCUT2D eigenvalue weighted by molar-refractivity contribution is 5.73. The highest BCUT2D eigenvalue weighted by atomic mass is 16.2. The van der Waals surface area contributed by atoms with Crippen LogP contribution in [0.25, 0.3) is 0 Å². The number of amides is 2. The molecule has 0 unspecified atom stereocenters. The minimum Gasteiger partial charge on any atom is -0.405 e. The van der Waals surface area contributed by atoms with E-state index in [4.69, 9.17) is 5.73 Å². The Morgan fingerprint density at radius 3 is 2.70 bits per heavy atom. The second-order valence-electron chi connectivity index (χ2n) is 2.01. The normalized spacial score (nSPS) is 9.80. The van der Waals surface area contributed by atoms with Crippen LogP contribution in [0.1, 0.15) is 0 Å². The molecular formula is C6H13N3O. The van der Waals surface area contributed by atoms with Gasteiger partial charge in [0, 0.05) is 20.6 Å². The molecule has 0 aromatic carbocycles. The first-order valence-corrected chi connectivity index (χ1v) is 3.00. The predicted octanol–water partition coefficient (Wildman–Crippen LogP) is -0.270. The lowest BCUT2D eigenvalue weighted by Crippen LogP contribution is -2.34. The summed E-state index contributed by atoms with van der Waals surface area (Å²) >= 11 is 0. The van der Waals surface area contributed by atoms with Gasteiger partial charge in [-0.1, -0.05) is 0 Å². The molecule has 58 valence electrons. The van der Waals surface area contributed by atoms with Crippen LogP contribution in [0, 0.1) is 0 Å². The zero-order valence-electron chi connectivity index (χ0n) is 6.29. The topological polar surface area (TPSA) is 58.4 Å². The summed E-state index contributed by atoms with van der Waals surface area (Å²) in [5.74, 6) is 0. The van der Waals surface area contributed by atoms with E-state index in [9.17, 15) is 4.79 Å². The Hall–Kier alpha value is -1.19. The van der Waals surface area contributed by atoms with Crippen molar-refractivity contribution in [1.29, 1.82) is 0 Å². The maximum Gasteiger partial charge on any atom is 0.317 e. The van der Waals surface area contributed by atoms with Crippen LogP contribution in [-0.4, -0.2) is 31.6 Å². The quantitative estimate of drug-likeness (QED) is 0.559. The molecule has 0 atom stereocenters. The van der Waals surface area contributed by atoms with Gasteiger partial charge in [0.2, 0.25) is 0 Å². The van der Waals surface area contributed by atoms with Gasteiger partial charge in [0.1, 0.15) is 0 Å². The van der Waals surface area contributed by atoms with E-state index in [1.807, 2.05) is 0 Å². The third-order valence-corrected chi connectivity index (χ3v) is 0.913. The molecule has 0 aromatic rings. The van der Waals surface area contributed by atoms with Crippen LogP contribution in [0.2, 0.25) is 0 Å². The number of rotatable bonds is 2. The molecule has 0 saturated carbocycles. The number of hydrogen-bond donors (Lipinski definition) is 2. The van der Waals surface area contributed by atoms with Crippen LogP contribution in [0.5, 0.6) is 0 Å². The van der Waals surface area contributed by atoms with Crippen molar-refractivity contribution in [2.45, 2.75) is 0 Å². The van der Waals surface area contributed by atoms with Crippen LogP contribution in [0.15, 0.2) is 12.3 Å². The lowest BCUT2D eigenvalue weighted by molar-refractivity contribution is 0.218. The molecule has 0 fully saturated rings. The highest BCUT2D eigenvalue weighted by Crippen LogP contribution is 1.75. The van der Waals surface area contributed by atoms with Crippen LogP contribution in [0.4, 0.5) is 4.79 Å². The average molecular weight is 143 g/mol. The summed E-state index contributed by atoms with van der Waals surface area (Å²) in [6, 6.07) is -0.113. The fourth-order valence-corrected chi connectivity index (χ4v) is 0.372. The van der Waals surface area contributed by atoms with Gasteiger partial charge in [-0.2, -0.15) is 0 Å². The molecule has 0 radical (unpaired) electrons. The van der Waals surface area contributed by atoms with E-state index >= 15 is 0 Å². The van der Waals surface area contributed by atoms with Crippen molar-refractivity contribution in [3.8, 4) is 0 Å². The van der Waals surface area contributed by atoms with Gasteiger partial charge >= 0.3 is 6.03 Å². The Kier molecular flexibility index (Phi) is 4.11. The van der Waals surface area contributed by atoms with Crippen molar-refractivity contribution in [3.63, 3.8) is 0 Å². The van der Waals surface area contributed by atoms with Gasteiger partial charge in [-0.25, -0.2) is 4.79 Å². The van der Waals surface area contributed by atoms with Crippen molar-refractivity contribution < 1.29 is 4.79 Å². The molecule has 2 amide bonds. The predicted molar refractivity (Wildman–Crippen MR) is 40.4 cm³/mol. The molecule has 0 aliphatic carbocycles. The van der Waals surface area contributed by atoms with Crippen LogP contribution in [0.3, 0.4) is 0 Å². The second kappa shape index (κ2) is 4.67. The molecule has 0 heterocycles. The van der Waals surface area contributed by atoms with Crippen LogP contribution >= 0.6 is 0 Å². The first-order valence-electron chi connectivity index (χ1n) is 3.00. The smallest absolute Gasteiger partial charge is 0.317 e. The zero-order chi connectivity index (χ0) is 7.98. The third kappa shape index (κ3) is 3.77. The van der Waals surface area contributed by atoms with Gasteiger partial charge in [-0.05, 0) is 12.3 Å². The molecule has 4 heteroatoms. The van der Waals surface area contributed by atoms with Gasteiger partial charge in [0.05, 0.1) is 0 Å². The molecule has 0 bridgehead atoms. The molecule has 0 aliphatic rings. The van der Waals surface area contributed by atoms with E-state index < -0.39 is 0 Å². The first-order chi connectivity index (χ1) is 4.68. The minimum absolute atomic E-state index is 0.113. The molecule has 4 nitrogen and oxygen atoms in total. The Balaban J connectivity index is 3.40. The maximum absolute atomic E-state index is 10.8. The van der Waals surface area contributed by atoms with Crippen molar-refractivity contribution in [1.82, 2.24) is 10.2 Å². The monoisotopic (exact) mass is 143 g/mol. The standard InChI is InChI=1S/C6H13N3O/c1-9(2)6(10)8-5-3-4-7/h3-4H,5,7H2,1-2H3,(H,8,10). The molecule has 0 spiro atoms. The van der Waals surface area contributed by atoms with Crippen LogP contribution < -0.4 is 11.1 Å². The zero-order valence-corrected chi connectivity index (χ0v) is 6.29. The summed E-state index contributed by atoms with van der Waals surface area (Å²) in [5, 5.41) is 2.60. The molecule has 3 N–H and O–H groups in total. The van der Waals surface area contributed by atoms with Gasteiger partial charge < -0.3 is 16.0 Å². The van der Waals surface area contributed by atoms with Crippen molar-refractivity contribution in [2.24, 2.45) is 5.73 Å². The summed E-state index contributed by atoms with van der Waals surface area (Å²) in [5.41, 5.74) is 5.05. The van der Waals surface area contributed by atoms with Gasteiger partial charge in [0.25, 0.3) is 0 Å². The largest absolute Gasteiger partial charge is 0.405 e. The number of hydrogen-bond acceptors (Lipinski definition) is 2. The molecule has 0 aliphatic heterocycles. The summed E-state index contributed by atoms with van der Waals surface area (Å²) in [7, 11) is 3.36. The average Bonchev–Trinajstić information content (AvgIpc) is 1.88. The maximum atomic E-state index is 10.8. The number of nitrogens with one attached hydrogen (secondary N) is 1. The van der Waals surface area contributed by atoms with E-state index in [2.05, 4.69) is 5.32 Å². The summed E-state index contributed by atoms with van der Waals surface area (Å²) in [6.45, 7) is 0.480. The summed E-state index contributed by atoms with van der Waals surface area (Å²) < 4.78 is 0. The first kappa shape index (κ1) is 8.81. The number of carbonyl (C=O) groups is 1.